The standard InChI is InChI=1S/C26H18ClN3O2S2/c27-19-11-9-17(10-12-19)21-13-14-22(32-21)24(31)30-26(33)28-15-16-5-7-18(8-6-16)25-29-20-3-1-2-4-23(20)34-25/h1-14H,15H2,(H2,28,30,31,33). The number of benzene rings is 3. The first-order valence-corrected chi connectivity index (χ1v) is 12.1. The van der Waals surface area contributed by atoms with Gasteiger partial charge < -0.3 is 9.73 Å². The average molecular weight is 504 g/mol. The van der Waals surface area contributed by atoms with Crippen LogP contribution < -0.4 is 10.6 Å². The van der Waals surface area contributed by atoms with Crippen LogP contribution in [0, 0.1) is 0 Å². The van der Waals surface area contributed by atoms with E-state index in [0.717, 1.165) is 27.2 Å². The van der Waals surface area contributed by atoms with Gasteiger partial charge in [0.25, 0.3) is 5.91 Å². The number of amides is 1. The van der Waals surface area contributed by atoms with Crippen molar-refractivity contribution < 1.29 is 9.21 Å². The number of furan rings is 1. The summed E-state index contributed by atoms with van der Waals surface area (Å²) < 4.78 is 6.83. The molecule has 0 aliphatic rings. The summed E-state index contributed by atoms with van der Waals surface area (Å²) in [6.07, 6.45) is 0. The van der Waals surface area contributed by atoms with E-state index in [2.05, 4.69) is 16.7 Å². The van der Waals surface area contributed by atoms with E-state index in [-0.39, 0.29) is 10.9 Å². The van der Waals surface area contributed by atoms with Crippen LogP contribution >= 0.6 is 35.2 Å². The number of nitrogens with one attached hydrogen (secondary N) is 2. The molecule has 34 heavy (non-hydrogen) atoms. The minimum absolute atomic E-state index is 0.175. The summed E-state index contributed by atoms with van der Waals surface area (Å²) in [5, 5.41) is 7.55. The number of para-hydroxylation sites is 1. The van der Waals surface area contributed by atoms with Crippen molar-refractivity contribution in [1.82, 2.24) is 15.6 Å². The molecule has 0 aliphatic heterocycles. The molecule has 1 amide bonds. The second-order valence-corrected chi connectivity index (χ2v) is 9.37. The second kappa shape index (κ2) is 9.77. The van der Waals surface area contributed by atoms with Gasteiger partial charge in [-0.3, -0.25) is 10.1 Å². The maximum atomic E-state index is 12.5. The van der Waals surface area contributed by atoms with Gasteiger partial charge in [-0.2, -0.15) is 0 Å². The molecule has 168 valence electrons. The van der Waals surface area contributed by atoms with Crippen molar-refractivity contribution >= 4 is 56.4 Å². The molecule has 0 radical (unpaired) electrons. The first-order chi connectivity index (χ1) is 16.5. The maximum absolute atomic E-state index is 12.5. The van der Waals surface area contributed by atoms with Gasteiger partial charge in [-0.25, -0.2) is 4.98 Å². The third kappa shape index (κ3) is 5.02. The zero-order chi connectivity index (χ0) is 23.5. The fourth-order valence-corrected chi connectivity index (χ4v) is 4.64. The molecular formula is C26H18ClN3O2S2. The molecule has 0 aliphatic carbocycles. The Labute approximate surface area is 210 Å². The lowest BCUT2D eigenvalue weighted by atomic mass is 10.1. The number of thiazole rings is 1. The normalized spacial score (nSPS) is 10.9. The van der Waals surface area contributed by atoms with E-state index < -0.39 is 5.91 Å². The number of hydrogen-bond acceptors (Lipinski definition) is 5. The lowest BCUT2D eigenvalue weighted by Crippen LogP contribution is -2.38. The molecule has 0 spiro atoms. The maximum Gasteiger partial charge on any atom is 0.293 e. The van der Waals surface area contributed by atoms with Crippen LogP contribution in [0.5, 0.6) is 0 Å². The molecule has 0 bridgehead atoms. The van der Waals surface area contributed by atoms with Crippen molar-refractivity contribution in [3.8, 4) is 21.9 Å². The van der Waals surface area contributed by atoms with Crippen molar-refractivity contribution in [2.45, 2.75) is 6.54 Å². The fourth-order valence-electron chi connectivity index (χ4n) is 3.38. The van der Waals surface area contributed by atoms with E-state index in [1.54, 1.807) is 35.6 Å². The number of carbonyl (C=O) groups is 1. The Kier molecular flexibility index (Phi) is 6.40. The zero-order valence-electron chi connectivity index (χ0n) is 17.7. The number of rotatable bonds is 5. The fraction of sp³-hybridized carbons (Fsp3) is 0.0385. The van der Waals surface area contributed by atoms with Crippen LogP contribution in [0.4, 0.5) is 0 Å². The summed E-state index contributed by atoms with van der Waals surface area (Å²) in [4.78, 5) is 17.2. The number of nitrogens with zero attached hydrogens (tertiary/aromatic N) is 1. The highest BCUT2D eigenvalue weighted by Gasteiger charge is 2.14. The third-order valence-corrected chi connectivity index (χ3v) is 6.72. The van der Waals surface area contributed by atoms with Crippen LogP contribution in [0.1, 0.15) is 16.1 Å². The van der Waals surface area contributed by atoms with Crippen LogP contribution in [0.2, 0.25) is 5.02 Å². The number of halogens is 1. The highest BCUT2D eigenvalue weighted by Crippen LogP contribution is 2.30. The quantitative estimate of drug-likeness (QED) is 0.262. The Morgan fingerprint density at radius 1 is 0.941 bits per heavy atom. The minimum Gasteiger partial charge on any atom is -0.451 e. The molecular weight excluding hydrogens is 486 g/mol. The van der Waals surface area contributed by atoms with Crippen LogP contribution in [0.25, 0.3) is 32.1 Å². The molecule has 3 aromatic carbocycles. The highest BCUT2D eigenvalue weighted by atomic mass is 35.5. The van der Waals surface area contributed by atoms with Crippen molar-refractivity contribution in [2.75, 3.05) is 0 Å². The van der Waals surface area contributed by atoms with Crippen molar-refractivity contribution in [3.05, 3.63) is 101 Å². The largest absolute Gasteiger partial charge is 0.451 e. The van der Waals surface area contributed by atoms with Crippen LogP contribution in [-0.4, -0.2) is 16.0 Å². The molecule has 5 aromatic rings. The SMILES string of the molecule is O=C(NC(=S)NCc1ccc(-c2nc3ccccc3s2)cc1)c1ccc(-c2ccc(Cl)cc2)o1. The van der Waals surface area contributed by atoms with E-state index in [1.165, 1.54) is 4.70 Å². The van der Waals surface area contributed by atoms with Gasteiger partial charge in [-0.15, -0.1) is 11.3 Å². The molecule has 0 fully saturated rings. The second-order valence-electron chi connectivity index (χ2n) is 7.49. The number of hydrogen-bond donors (Lipinski definition) is 2. The molecule has 5 rings (SSSR count). The topological polar surface area (TPSA) is 67.2 Å². The number of aromatic nitrogens is 1. The number of fused-ring (bicyclic) bond motifs is 1. The number of carbonyl (C=O) groups excluding carboxylic acids is 1. The molecule has 0 atom stereocenters. The van der Waals surface area contributed by atoms with Gasteiger partial charge in [-0.05, 0) is 66.3 Å². The third-order valence-electron chi connectivity index (χ3n) is 5.13. The Balaban J connectivity index is 1.16. The smallest absolute Gasteiger partial charge is 0.293 e. The lowest BCUT2D eigenvalue weighted by Gasteiger charge is -2.09. The lowest BCUT2D eigenvalue weighted by molar-refractivity contribution is 0.0950. The Morgan fingerprint density at radius 2 is 1.68 bits per heavy atom. The average Bonchev–Trinajstić information content (AvgIpc) is 3.51. The van der Waals surface area contributed by atoms with Gasteiger partial charge in [0, 0.05) is 22.7 Å². The molecule has 2 heterocycles. The molecule has 8 heteroatoms. The van der Waals surface area contributed by atoms with Gasteiger partial charge in [0.2, 0.25) is 0 Å². The van der Waals surface area contributed by atoms with Crippen LogP contribution in [0.3, 0.4) is 0 Å². The van der Waals surface area contributed by atoms with Crippen LogP contribution in [-0.2, 0) is 6.54 Å². The monoisotopic (exact) mass is 503 g/mol. The van der Waals surface area contributed by atoms with E-state index in [9.17, 15) is 4.79 Å². The highest BCUT2D eigenvalue weighted by molar-refractivity contribution is 7.80. The summed E-state index contributed by atoms with van der Waals surface area (Å²) >= 11 is 12.9. The molecule has 2 aromatic heterocycles. The van der Waals surface area contributed by atoms with E-state index in [1.807, 2.05) is 54.6 Å². The predicted octanol–water partition coefficient (Wildman–Crippen LogP) is 6.68. The first kappa shape index (κ1) is 22.3. The van der Waals surface area contributed by atoms with E-state index in [4.69, 9.17) is 33.2 Å². The van der Waals surface area contributed by atoms with Gasteiger partial charge >= 0.3 is 0 Å². The predicted molar refractivity (Wildman–Crippen MR) is 141 cm³/mol. The van der Waals surface area contributed by atoms with Gasteiger partial charge in [-0.1, -0.05) is 48.0 Å². The van der Waals surface area contributed by atoms with Crippen molar-refractivity contribution in [3.63, 3.8) is 0 Å². The molecule has 0 unspecified atom stereocenters. The summed E-state index contributed by atoms with van der Waals surface area (Å²) in [6.45, 7) is 0.480. The van der Waals surface area contributed by atoms with Gasteiger partial charge in [0.1, 0.15) is 10.8 Å². The molecule has 5 nitrogen and oxygen atoms in total. The van der Waals surface area contributed by atoms with E-state index >= 15 is 0 Å². The minimum atomic E-state index is -0.413. The van der Waals surface area contributed by atoms with E-state index in [0.29, 0.717) is 17.3 Å². The first-order valence-electron chi connectivity index (χ1n) is 10.4. The summed E-state index contributed by atoms with van der Waals surface area (Å²) in [5.41, 5.74) is 3.93. The number of thiocarbonyl (C=S) groups is 1. The van der Waals surface area contributed by atoms with Gasteiger partial charge in [0.15, 0.2) is 10.9 Å². The summed E-state index contributed by atoms with van der Waals surface area (Å²) in [6, 6.07) is 26.8. The molecule has 2 N–H and O–H groups in total. The zero-order valence-corrected chi connectivity index (χ0v) is 20.1. The van der Waals surface area contributed by atoms with Crippen molar-refractivity contribution in [2.24, 2.45) is 0 Å². The molecule has 0 saturated carbocycles. The van der Waals surface area contributed by atoms with Gasteiger partial charge in [0.05, 0.1) is 10.2 Å². The van der Waals surface area contributed by atoms with Crippen molar-refractivity contribution in [1.29, 1.82) is 0 Å². The Morgan fingerprint density at radius 3 is 2.44 bits per heavy atom. The summed E-state index contributed by atoms with van der Waals surface area (Å²) in [7, 11) is 0. The Bertz CT molecular complexity index is 1440. The summed E-state index contributed by atoms with van der Waals surface area (Å²) in [5.74, 6) is 0.340. The Hall–Kier alpha value is -3.52. The molecule has 0 saturated heterocycles. The van der Waals surface area contributed by atoms with Crippen LogP contribution in [0.15, 0.2) is 89.3 Å².